The standard InChI is InChI=1S/C17H24N2O/c1-18-10-11-19(2)16(20)15-12-17(15)9-5-7-13-6-3-4-8-14(13)17/h3-4,6,8,15,18H,5,7,9-12H2,1-2H3. The molecule has 108 valence electrons. The highest BCUT2D eigenvalue weighted by Gasteiger charge is 2.60. The number of likely N-dealkylation sites (N-methyl/N-ethyl adjacent to an activating group) is 2. The number of aryl methyl sites for hydroxylation is 1. The van der Waals surface area contributed by atoms with Crippen molar-refractivity contribution in [3.8, 4) is 0 Å². The average Bonchev–Trinajstić information content (AvgIpc) is 3.19. The van der Waals surface area contributed by atoms with Crippen LogP contribution in [0.25, 0.3) is 0 Å². The van der Waals surface area contributed by atoms with Crippen LogP contribution in [-0.4, -0.2) is 38.0 Å². The summed E-state index contributed by atoms with van der Waals surface area (Å²) in [5, 5.41) is 3.11. The molecular weight excluding hydrogens is 248 g/mol. The Morgan fingerprint density at radius 1 is 1.45 bits per heavy atom. The average molecular weight is 272 g/mol. The van der Waals surface area contributed by atoms with Gasteiger partial charge in [-0.05, 0) is 43.9 Å². The highest BCUT2D eigenvalue weighted by atomic mass is 16.2. The van der Waals surface area contributed by atoms with Crippen LogP contribution >= 0.6 is 0 Å². The van der Waals surface area contributed by atoms with Gasteiger partial charge in [-0.25, -0.2) is 0 Å². The van der Waals surface area contributed by atoms with Gasteiger partial charge in [-0.3, -0.25) is 4.79 Å². The minimum atomic E-state index is 0.166. The maximum absolute atomic E-state index is 12.6. The fraction of sp³-hybridized carbons (Fsp3) is 0.588. The zero-order chi connectivity index (χ0) is 14.2. The van der Waals surface area contributed by atoms with Gasteiger partial charge in [0, 0.05) is 31.5 Å². The van der Waals surface area contributed by atoms with Crippen molar-refractivity contribution in [2.75, 3.05) is 27.2 Å². The molecule has 0 bridgehead atoms. The molecule has 1 amide bonds. The quantitative estimate of drug-likeness (QED) is 0.909. The van der Waals surface area contributed by atoms with E-state index in [9.17, 15) is 4.79 Å². The van der Waals surface area contributed by atoms with Crippen LogP contribution in [0.15, 0.2) is 24.3 Å². The molecule has 1 saturated carbocycles. The Labute approximate surface area is 121 Å². The summed E-state index contributed by atoms with van der Waals surface area (Å²) in [6, 6.07) is 8.72. The van der Waals surface area contributed by atoms with Crippen molar-refractivity contribution in [3.63, 3.8) is 0 Å². The van der Waals surface area contributed by atoms with E-state index in [1.807, 2.05) is 19.0 Å². The Hall–Kier alpha value is -1.35. The summed E-state index contributed by atoms with van der Waals surface area (Å²) in [6.45, 7) is 1.65. The smallest absolute Gasteiger partial charge is 0.226 e. The van der Waals surface area contributed by atoms with Crippen molar-refractivity contribution >= 4 is 5.91 Å². The van der Waals surface area contributed by atoms with Gasteiger partial charge in [0.1, 0.15) is 0 Å². The molecule has 1 spiro atoms. The number of nitrogens with one attached hydrogen (secondary N) is 1. The molecule has 0 aromatic heterocycles. The highest BCUT2D eigenvalue weighted by Crippen LogP contribution is 2.60. The number of carbonyl (C=O) groups is 1. The maximum Gasteiger partial charge on any atom is 0.226 e. The number of rotatable bonds is 4. The lowest BCUT2D eigenvalue weighted by molar-refractivity contribution is -0.131. The number of amides is 1. The summed E-state index contributed by atoms with van der Waals surface area (Å²) in [6.07, 6.45) is 4.63. The van der Waals surface area contributed by atoms with Gasteiger partial charge >= 0.3 is 0 Å². The third-order valence-corrected chi connectivity index (χ3v) is 5.07. The number of hydrogen-bond donors (Lipinski definition) is 1. The molecule has 1 fully saturated rings. The Balaban J connectivity index is 1.76. The van der Waals surface area contributed by atoms with Crippen molar-refractivity contribution in [3.05, 3.63) is 35.4 Å². The molecule has 1 aromatic rings. The van der Waals surface area contributed by atoms with Gasteiger partial charge in [0.05, 0.1) is 0 Å². The summed E-state index contributed by atoms with van der Waals surface area (Å²) in [7, 11) is 3.86. The molecule has 2 atom stereocenters. The molecule has 3 heteroatoms. The predicted molar refractivity (Wildman–Crippen MR) is 80.7 cm³/mol. The highest BCUT2D eigenvalue weighted by molar-refractivity contribution is 5.84. The zero-order valence-corrected chi connectivity index (χ0v) is 12.5. The van der Waals surface area contributed by atoms with Gasteiger partial charge in [-0.1, -0.05) is 24.3 Å². The molecule has 2 unspecified atom stereocenters. The van der Waals surface area contributed by atoms with Crippen LogP contribution in [0.1, 0.15) is 30.4 Å². The van der Waals surface area contributed by atoms with Crippen molar-refractivity contribution in [2.45, 2.75) is 31.1 Å². The first-order valence-electron chi connectivity index (χ1n) is 7.67. The van der Waals surface area contributed by atoms with E-state index in [4.69, 9.17) is 0 Å². The van der Waals surface area contributed by atoms with Crippen LogP contribution in [0.4, 0.5) is 0 Å². The summed E-state index contributed by atoms with van der Waals surface area (Å²) < 4.78 is 0. The van der Waals surface area contributed by atoms with Crippen molar-refractivity contribution in [1.29, 1.82) is 0 Å². The van der Waals surface area contributed by atoms with E-state index < -0.39 is 0 Å². The fourth-order valence-corrected chi connectivity index (χ4v) is 3.81. The van der Waals surface area contributed by atoms with Crippen LogP contribution in [0.2, 0.25) is 0 Å². The van der Waals surface area contributed by atoms with Crippen LogP contribution in [-0.2, 0) is 16.6 Å². The summed E-state index contributed by atoms with van der Waals surface area (Å²) in [5.74, 6) is 0.544. The third kappa shape index (κ3) is 2.14. The third-order valence-electron chi connectivity index (χ3n) is 5.07. The van der Waals surface area contributed by atoms with Crippen LogP contribution in [0.3, 0.4) is 0 Å². The Morgan fingerprint density at radius 2 is 2.25 bits per heavy atom. The Morgan fingerprint density at radius 3 is 3.05 bits per heavy atom. The number of fused-ring (bicyclic) bond motifs is 2. The van der Waals surface area contributed by atoms with Crippen molar-refractivity contribution in [2.24, 2.45) is 5.92 Å². The molecule has 1 aromatic carbocycles. The van der Waals surface area contributed by atoms with E-state index >= 15 is 0 Å². The first-order chi connectivity index (χ1) is 9.69. The molecule has 3 rings (SSSR count). The van der Waals surface area contributed by atoms with Gasteiger partial charge < -0.3 is 10.2 Å². The Kier molecular flexibility index (Phi) is 3.55. The van der Waals surface area contributed by atoms with Gasteiger partial charge in [-0.15, -0.1) is 0 Å². The summed E-state index contributed by atoms with van der Waals surface area (Å²) in [5.41, 5.74) is 3.08. The minimum Gasteiger partial charge on any atom is -0.344 e. The minimum absolute atomic E-state index is 0.166. The van der Waals surface area contributed by atoms with Gasteiger partial charge in [0.2, 0.25) is 5.91 Å². The van der Waals surface area contributed by atoms with Gasteiger partial charge in [-0.2, -0.15) is 0 Å². The van der Waals surface area contributed by atoms with E-state index in [1.165, 1.54) is 30.4 Å². The van der Waals surface area contributed by atoms with Gasteiger partial charge in [0.15, 0.2) is 0 Å². The monoisotopic (exact) mass is 272 g/mol. The van der Waals surface area contributed by atoms with Crippen LogP contribution in [0, 0.1) is 5.92 Å². The molecule has 2 aliphatic rings. The molecule has 0 aliphatic heterocycles. The molecule has 0 heterocycles. The number of benzene rings is 1. The zero-order valence-electron chi connectivity index (χ0n) is 12.5. The lowest BCUT2D eigenvalue weighted by Crippen LogP contribution is -2.36. The van der Waals surface area contributed by atoms with Crippen LogP contribution < -0.4 is 5.32 Å². The molecule has 0 saturated heterocycles. The predicted octanol–water partition coefficient (Wildman–Crippen LogP) is 1.96. The van der Waals surface area contributed by atoms with Gasteiger partial charge in [0.25, 0.3) is 0 Å². The second-order valence-electron chi connectivity index (χ2n) is 6.29. The molecular formula is C17H24N2O. The van der Waals surface area contributed by atoms with Crippen LogP contribution in [0.5, 0.6) is 0 Å². The number of hydrogen-bond acceptors (Lipinski definition) is 2. The normalized spacial score (nSPS) is 27.2. The second kappa shape index (κ2) is 5.21. The molecule has 1 N–H and O–H groups in total. The molecule has 20 heavy (non-hydrogen) atoms. The lowest BCUT2D eigenvalue weighted by Gasteiger charge is -2.27. The second-order valence-corrected chi connectivity index (χ2v) is 6.29. The van der Waals surface area contributed by atoms with E-state index in [-0.39, 0.29) is 11.3 Å². The largest absolute Gasteiger partial charge is 0.344 e. The SMILES string of the molecule is CNCCN(C)C(=O)C1CC12CCCc1ccccc12. The molecule has 3 nitrogen and oxygen atoms in total. The maximum atomic E-state index is 12.6. The van der Waals surface area contributed by atoms with E-state index in [2.05, 4.69) is 29.6 Å². The fourth-order valence-electron chi connectivity index (χ4n) is 3.81. The number of carbonyl (C=O) groups excluding carboxylic acids is 1. The lowest BCUT2D eigenvalue weighted by atomic mass is 9.78. The van der Waals surface area contributed by atoms with E-state index in [0.717, 1.165) is 19.5 Å². The number of nitrogens with zero attached hydrogens (tertiary/aromatic N) is 1. The topological polar surface area (TPSA) is 32.3 Å². The summed E-state index contributed by atoms with van der Waals surface area (Å²) in [4.78, 5) is 14.5. The Bertz CT molecular complexity index is 513. The first kappa shape index (κ1) is 13.6. The van der Waals surface area contributed by atoms with Crippen molar-refractivity contribution in [1.82, 2.24) is 10.2 Å². The molecule has 0 radical (unpaired) electrons. The van der Waals surface area contributed by atoms with E-state index in [1.54, 1.807) is 0 Å². The van der Waals surface area contributed by atoms with Crippen molar-refractivity contribution < 1.29 is 4.79 Å². The summed E-state index contributed by atoms with van der Waals surface area (Å²) >= 11 is 0. The molecule has 2 aliphatic carbocycles. The first-order valence-corrected chi connectivity index (χ1v) is 7.67. The van der Waals surface area contributed by atoms with E-state index in [0.29, 0.717) is 5.91 Å².